The molecule has 3 rings (SSSR count). The predicted molar refractivity (Wildman–Crippen MR) is 150 cm³/mol. The van der Waals surface area contributed by atoms with Crippen LogP contribution in [0.25, 0.3) is 0 Å². The normalized spacial score (nSPS) is 34.9. The van der Waals surface area contributed by atoms with E-state index in [0.717, 1.165) is 31.3 Å². The van der Waals surface area contributed by atoms with Crippen molar-refractivity contribution in [3.63, 3.8) is 0 Å². The van der Waals surface area contributed by atoms with E-state index in [-0.39, 0.29) is 31.6 Å². The molecule has 3 aliphatic rings. The van der Waals surface area contributed by atoms with Gasteiger partial charge in [0.1, 0.15) is 0 Å². The SMILES string of the molecule is C.C=C1C[C@H](C)C[C@@H]2CC=C[C@@H](C/C=C\C(=O)N[C@H]([C@@H](O)/C=C/[C@@H]3CC(C)=CCO3)C/C=C/[C@@H](O)C1)O2. The van der Waals surface area contributed by atoms with Crippen LogP contribution in [-0.2, 0) is 14.3 Å². The van der Waals surface area contributed by atoms with Gasteiger partial charge in [-0.3, -0.25) is 4.79 Å². The lowest BCUT2D eigenvalue weighted by Crippen LogP contribution is -2.41. The molecule has 0 aromatic heterocycles. The van der Waals surface area contributed by atoms with Crippen LogP contribution in [0.5, 0.6) is 0 Å². The van der Waals surface area contributed by atoms with E-state index in [2.05, 4.69) is 44.0 Å². The number of hydrogen-bond acceptors (Lipinski definition) is 5. The first kappa shape index (κ1) is 31.0. The van der Waals surface area contributed by atoms with Crippen LogP contribution >= 0.6 is 0 Å². The summed E-state index contributed by atoms with van der Waals surface area (Å²) in [5, 5.41) is 24.3. The van der Waals surface area contributed by atoms with Gasteiger partial charge < -0.3 is 25.0 Å². The molecular weight excluding hydrogens is 466 g/mol. The number of aliphatic hydroxyl groups excluding tert-OH is 2. The molecule has 0 aliphatic carbocycles. The number of ether oxygens (including phenoxy) is 2. The number of aliphatic hydroxyl groups is 2. The Bertz CT molecular complexity index is 886. The molecule has 0 aromatic rings. The average Bonchev–Trinajstić information content (AvgIpc) is 2.81. The van der Waals surface area contributed by atoms with Crippen LogP contribution in [0.2, 0.25) is 0 Å². The summed E-state index contributed by atoms with van der Waals surface area (Å²) in [5.74, 6) is 0.137. The molecule has 3 heterocycles. The predicted octanol–water partition coefficient (Wildman–Crippen LogP) is 5.10. The smallest absolute Gasteiger partial charge is 0.243 e. The van der Waals surface area contributed by atoms with Gasteiger partial charge in [0, 0.05) is 0 Å². The molecule has 6 nitrogen and oxygen atoms in total. The Kier molecular flexibility index (Phi) is 13.3. The van der Waals surface area contributed by atoms with Crippen LogP contribution in [0.1, 0.15) is 66.2 Å². The fraction of sp³-hybridized carbons (Fsp3) is 0.581. The molecule has 1 amide bonds. The number of hydrogen-bond donors (Lipinski definition) is 3. The summed E-state index contributed by atoms with van der Waals surface area (Å²) in [6.07, 6.45) is 20.1. The highest BCUT2D eigenvalue weighted by molar-refractivity contribution is 5.87. The van der Waals surface area contributed by atoms with Crippen molar-refractivity contribution in [2.24, 2.45) is 5.92 Å². The van der Waals surface area contributed by atoms with Crippen molar-refractivity contribution in [1.82, 2.24) is 5.32 Å². The van der Waals surface area contributed by atoms with Gasteiger partial charge in [0.05, 0.1) is 43.2 Å². The fourth-order valence-corrected chi connectivity index (χ4v) is 4.96. The minimum Gasteiger partial charge on any atom is -0.389 e. The van der Waals surface area contributed by atoms with Crippen LogP contribution in [0.4, 0.5) is 0 Å². The molecule has 2 bridgehead atoms. The van der Waals surface area contributed by atoms with Gasteiger partial charge in [-0.2, -0.15) is 0 Å². The topological polar surface area (TPSA) is 88.0 Å². The number of rotatable bonds is 3. The largest absolute Gasteiger partial charge is 0.389 e. The quantitative estimate of drug-likeness (QED) is 0.457. The standard InChI is InChI=1S/C30H43NO5.CH4/c1-21-15-16-35-26(19-21)13-14-29(33)28-11-4-7-24(32)18-22(2)17-23(3)20-27-10-5-8-25(36-27)9-6-12-30(34)31-28;/h4-8,12-15,23-29,32-33H,2,9-11,16-20H2,1,3H3,(H,31,34);1H4/b7-4+,12-6-,14-13+;/t23-,24+,25-,26+,27-,28-,29-;/m0./s1. The Balaban J connectivity index is 0.00000481. The van der Waals surface area contributed by atoms with Crippen molar-refractivity contribution in [3.05, 3.63) is 72.4 Å². The molecule has 0 saturated carbocycles. The van der Waals surface area contributed by atoms with Crippen molar-refractivity contribution in [3.8, 4) is 0 Å². The van der Waals surface area contributed by atoms with Gasteiger partial charge in [-0.25, -0.2) is 0 Å². The second-order valence-electron chi connectivity index (χ2n) is 10.4. The number of nitrogens with one attached hydrogen (secondary N) is 1. The maximum absolute atomic E-state index is 12.7. The number of fused-ring (bicyclic) bond motifs is 2. The zero-order chi connectivity index (χ0) is 25.9. The Morgan fingerprint density at radius 3 is 2.70 bits per heavy atom. The van der Waals surface area contributed by atoms with Crippen molar-refractivity contribution < 1.29 is 24.5 Å². The molecule has 0 radical (unpaired) electrons. The molecule has 0 spiro atoms. The molecule has 6 heteroatoms. The minimum absolute atomic E-state index is 0. The van der Waals surface area contributed by atoms with E-state index < -0.39 is 18.2 Å². The van der Waals surface area contributed by atoms with Gasteiger partial charge in [0.25, 0.3) is 0 Å². The first-order chi connectivity index (χ1) is 17.3. The summed E-state index contributed by atoms with van der Waals surface area (Å²) >= 11 is 0. The van der Waals surface area contributed by atoms with E-state index in [1.165, 1.54) is 11.6 Å². The molecule has 0 fully saturated rings. The summed E-state index contributed by atoms with van der Waals surface area (Å²) in [4.78, 5) is 12.7. The Hall–Kier alpha value is -2.25. The van der Waals surface area contributed by atoms with Gasteiger partial charge in [0.2, 0.25) is 5.91 Å². The van der Waals surface area contributed by atoms with E-state index in [9.17, 15) is 15.0 Å². The Morgan fingerprint density at radius 1 is 1.14 bits per heavy atom. The molecule has 206 valence electrons. The molecule has 7 atom stereocenters. The summed E-state index contributed by atoms with van der Waals surface area (Å²) < 4.78 is 11.9. The maximum atomic E-state index is 12.7. The zero-order valence-electron chi connectivity index (χ0n) is 21.7. The third kappa shape index (κ3) is 11.3. The van der Waals surface area contributed by atoms with Crippen LogP contribution in [0.3, 0.4) is 0 Å². The lowest BCUT2D eigenvalue weighted by Gasteiger charge is -2.28. The number of carbonyl (C=O) groups excluding carboxylic acids is 1. The van der Waals surface area contributed by atoms with E-state index in [1.807, 2.05) is 18.2 Å². The third-order valence-electron chi connectivity index (χ3n) is 6.83. The van der Waals surface area contributed by atoms with Gasteiger partial charge in [-0.1, -0.05) is 80.7 Å². The van der Waals surface area contributed by atoms with Gasteiger partial charge in [-0.05, 0) is 63.9 Å². The van der Waals surface area contributed by atoms with Crippen LogP contribution < -0.4 is 5.32 Å². The first-order valence-electron chi connectivity index (χ1n) is 13.2. The van der Waals surface area contributed by atoms with Gasteiger partial charge >= 0.3 is 0 Å². The average molecular weight is 514 g/mol. The fourth-order valence-electron chi connectivity index (χ4n) is 4.96. The molecule has 37 heavy (non-hydrogen) atoms. The third-order valence-corrected chi connectivity index (χ3v) is 6.83. The van der Waals surface area contributed by atoms with E-state index in [1.54, 1.807) is 12.2 Å². The second-order valence-corrected chi connectivity index (χ2v) is 10.4. The van der Waals surface area contributed by atoms with Gasteiger partial charge in [-0.15, -0.1) is 0 Å². The molecule has 0 aromatic carbocycles. The second kappa shape index (κ2) is 15.9. The first-order valence-corrected chi connectivity index (χ1v) is 13.2. The lowest BCUT2D eigenvalue weighted by atomic mass is 9.91. The molecular formula is C31H47NO5. The molecule has 0 unspecified atom stereocenters. The molecule has 3 aliphatic heterocycles. The number of carbonyl (C=O) groups is 1. The summed E-state index contributed by atoms with van der Waals surface area (Å²) in [6.45, 7) is 9.00. The van der Waals surface area contributed by atoms with Crippen LogP contribution in [-0.4, -0.2) is 59.3 Å². The summed E-state index contributed by atoms with van der Waals surface area (Å²) in [6, 6.07) is -0.542. The van der Waals surface area contributed by atoms with Crippen molar-refractivity contribution in [2.45, 2.75) is 103 Å². The number of amides is 1. The monoisotopic (exact) mass is 513 g/mol. The van der Waals surface area contributed by atoms with Crippen molar-refractivity contribution in [1.29, 1.82) is 0 Å². The van der Waals surface area contributed by atoms with Crippen LogP contribution in [0, 0.1) is 5.92 Å². The Morgan fingerprint density at radius 2 is 1.92 bits per heavy atom. The lowest BCUT2D eigenvalue weighted by molar-refractivity contribution is -0.117. The van der Waals surface area contributed by atoms with E-state index in [0.29, 0.717) is 31.8 Å². The maximum Gasteiger partial charge on any atom is 0.243 e. The van der Waals surface area contributed by atoms with E-state index in [4.69, 9.17) is 9.47 Å². The summed E-state index contributed by atoms with van der Waals surface area (Å²) in [7, 11) is 0. The zero-order valence-corrected chi connectivity index (χ0v) is 21.7. The van der Waals surface area contributed by atoms with Crippen molar-refractivity contribution >= 4 is 5.91 Å². The van der Waals surface area contributed by atoms with E-state index >= 15 is 0 Å². The summed E-state index contributed by atoms with van der Waals surface area (Å²) in [5.41, 5.74) is 2.27. The molecule has 3 N–H and O–H groups in total. The highest BCUT2D eigenvalue weighted by Gasteiger charge is 2.22. The van der Waals surface area contributed by atoms with Crippen molar-refractivity contribution in [2.75, 3.05) is 6.61 Å². The molecule has 0 saturated heterocycles. The highest BCUT2D eigenvalue weighted by Crippen LogP contribution is 2.25. The minimum atomic E-state index is -0.897. The van der Waals surface area contributed by atoms with Gasteiger partial charge in [0.15, 0.2) is 0 Å². The van der Waals surface area contributed by atoms with Crippen LogP contribution in [0.15, 0.2) is 72.4 Å². The highest BCUT2D eigenvalue weighted by atomic mass is 16.5. The Labute approximate surface area is 223 Å².